The third-order valence-corrected chi connectivity index (χ3v) is 5.68. The molecule has 0 saturated carbocycles. The minimum absolute atomic E-state index is 0.0678. The maximum Gasteiger partial charge on any atom is 0.405 e. The van der Waals surface area contributed by atoms with Crippen molar-refractivity contribution >= 4 is 40.8 Å². The van der Waals surface area contributed by atoms with E-state index in [-0.39, 0.29) is 40.3 Å². The van der Waals surface area contributed by atoms with Gasteiger partial charge >= 0.3 is 6.18 Å². The van der Waals surface area contributed by atoms with Gasteiger partial charge in [0.05, 0.1) is 12.6 Å². The van der Waals surface area contributed by atoms with E-state index in [4.69, 9.17) is 0 Å². The fraction of sp³-hybridized carbons (Fsp3) is 0.450. The highest BCUT2D eigenvalue weighted by Crippen LogP contribution is 2.13. The lowest BCUT2D eigenvalue weighted by Crippen LogP contribution is -2.37. The molecule has 0 aromatic carbocycles. The topological polar surface area (TPSA) is 145 Å². The van der Waals surface area contributed by atoms with Crippen LogP contribution in [-0.2, 0) is 11.3 Å². The predicted molar refractivity (Wildman–Crippen MR) is 121 cm³/mol. The van der Waals surface area contributed by atoms with Crippen LogP contribution in [0.2, 0.25) is 0 Å². The number of alkyl halides is 3. The normalized spacial score (nSPS) is 13.9. The van der Waals surface area contributed by atoms with Crippen LogP contribution in [0, 0.1) is 17.2 Å². The van der Waals surface area contributed by atoms with Crippen LogP contribution >= 0.6 is 11.3 Å². The van der Waals surface area contributed by atoms with Crippen molar-refractivity contribution < 1.29 is 23.1 Å². The van der Waals surface area contributed by atoms with Gasteiger partial charge < -0.3 is 21.1 Å². The Morgan fingerprint density at radius 3 is 2.68 bits per heavy atom. The Morgan fingerprint density at radius 1 is 1.41 bits per heavy atom. The second kappa shape index (κ2) is 11.6. The van der Waals surface area contributed by atoms with Crippen LogP contribution in [0.15, 0.2) is 17.1 Å². The van der Waals surface area contributed by atoms with Crippen molar-refractivity contribution in [2.45, 2.75) is 39.5 Å². The number of hydrogen-bond donors (Lipinski definition) is 4. The third-order valence-electron chi connectivity index (χ3n) is 4.55. The van der Waals surface area contributed by atoms with Crippen LogP contribution in [0.4, 0.5) is 24.9 Å². The molecule has 34 heavy (non-hydrogen) atoms. The molecular weight excluding hydrogens is 475 g/mol. The molecule has 0 aliphatic carbocycles. The van der Waals surface area contributed by atoms with Crippen molar-refractivity contribution in [3.05, 3.63) is 31.8 Å². The van der Waals surface area contributed by atoms with Gasteiger partial charge in [-0.15, -0.1) is 11.3 Å². The number of carbonyl (C=O) groups excluding carboxylic acids is 1. The van der Waals surface area contributed by atoms with E-state index in [9.17, 15) is 33.1 Å². The fourth-order valence-corrected chi connectivity index (χ4v) is 3.80. The molecule has 184 valence electrons. The maximum atomic E-state index is 12.7. The van der Waals surface area contributed by atoms with Crippen molar-refractivity contribution in [1.29, 1.82) is 5.26 Å². The zero-order valence-electron chi connectivity index (χ0n) is 18.6. The lowest BCUT2D eigenvalue weighted by Gasteiger charge is -2.20. The van der Waals surface area contributed by atoms with Crippen LogP contribution in [-0.4, -0.2) is 50.9 Å². The first-order chi connectivity index (χ1) is 16.0. The summed E-state index contributed by atoms with van der Waals surface area (Å²) in [5, 5.41) is 26.3. The SMILES string of the molecule is CCn1c(=O)/c(=C\Nc2nccc(N[C@@H](CO)C(C)C)n2)s/c1=C(/C#N)C(=O)NCC(F)(F)F. The molecule has 2 aromatic rings. The number of thiazole rings is 1. The zero-order valence-corrected chi connectivity index (χ0v) is 19.4. The average Bonchev–Trinajstić information content (AvgIpc) is 3.09. The molecule has 0 unspecified atom stereocenters. The molecule has 1 atom stereocenters. The van der Waals surface area contributed by atoms with Crippen molar-refractivity contribution in [2.75, 3.05) is 23.8 Å². The second-order valence-corrected chi connectivity index (χ2v) is 8.37. The van der Waals surface area contributed by atoms with Gasteiger partial charge in [0.25, 0.3) is 11.5 Å². The molecule has 2 aromatic heterocycles. The molecule has 0 radical (unpaired) electrons. The quantitative estimate of drug-likeness (QED) is 0.387. The molecule has 0 fully saturated rings. The number of nitriles is 1. The first-order valence-corrected chi connectivity index (χ1v) is 11.0. The summed E-state index contributed by atoms with van der Waals surface area (Å²) in [6.45, 7) is 3.86. The molecule has 2 rings (SSSR count). The molecular formula is C20H24F3N7O3S. The molecule has 0 aliphatic heterocycles. The van der Waals surface area contributed by atoms with Crippen molar-refractivity contribution in [2.24, 2.45) is 5.92 Å². The molecule has 4 N–H and O–H groups in total. The summed E-state index contributed by atoms with van der Waals surface area (Å²) >= 11 is 0.773. The van der Waals surface area contributed by atoms with Crippen LogP contribution in [0.25, 0.3) is 11.8 Å². The predicted octanol–water partition coefficient (Wildman–Crippen LogP) is 0.351. The van der Waals surface area contributed by atoms with E-state index in [2.05, 4.69) is 20.6 Å². The van der Waals surface area contributed by atoms with E-state index >= 15 is 0 Å². The highest BCUT2D eigenvalue weighted by molar-refractivity contribution is 7.07. The molecule has 0 bridgehead atoms. The number of halogens is 3. The van der Waals surface area contributed by atoms with E-state index in [1.807, 2.05) is 13.8 Å². The van der Waals surface area contributed by atoms with E-state index in [1.165, 1.54) is 12.4 Å². The lowest BCUT2D eigenvalue weighted by atomic mass is 10.1. The van der Waals surface area contributed by atoms with Crippen LogP contribution in [0.3, 0.4) is 0 Å². The van der Waals surface area contributed by atoms with Gasteiger partial charge in [-0.2, -0.15) is 23.4 Å². The number of aliphatic hydroxyl groups is 1. The summed E-state index contributed by atoms with van der Waals surface area (Å²) in [5.74, 6) is -0.513. The highest BCUT2D eigenvalue weighted by atomic mass is 32.1. The van der Waals surface area contributed by atoms with Gasteiger partial charge in [-0.1, -0.05) is 13.8 Å². The Bertz CT molecular complexity index is 1230. The Labute approximate surface area is 196 Å². The largest absolute Gasteiger partial charge is 0.405 e. The molecule has 14 heteroatoms. The molecule has 10 nitrogen and oxygen atoms in total. The van der Waals surface area contributed by atoms with Gasteiger partial charge in [-0.3, -0.25) is 14.2 Å². The Morgan fingerprint density at radius 2 is 2.12 bits per heavy atom. The summed E-state index contributed by atoms with van der Waals surface area (Å²) in [5.41, 5.74) is -1.14. The Kier molecular flexibility index (Phi) is 9.16. The number of nitrogens with one attached hydrogen (secondary N) is 3. The van der Waals surface area contributed by atoms with E-state index in [1.54, 1.807) is 24.4 Å². The number of aromatic nitrogens is 3. The third kappa shape index (κ3) is 7.03. The summed E-state index contributed by atoms with van der Waals surface area (Å²) < 4.78 is 38.4. The summed E-state index contributed by atoms with van der Waals surface area (Å²) in [6.07, 6.45) is -1.89. The standard InChI is InChI=1S/C20H24F3N7O3S/c1-4-30-17(33)14(34-18(30)12(7-24)16(32)27-10-20(21,22)23)8-26-19-25-6-5-15(29-19)28-13(9-31)11(2)3/h5-6,8,11,13,31H,4,9-10H2,1-3H3,(H,27,32)(H2,25,26,28,29)/b14-8+,18-12-/t13-/m0/s1. The van der Waals surface area contributed by atoms with E-state index in [0.29, 0.717) is 5.82 Å². The lowest BCUT2D eigenvalue weighted by molar-refractivity contribution is -0.135. The zero-order chi connectivity index (χ0) is 25.5. The molecule has 2 heterocycles. The first-order valence-electron chi connectivity index (χ1n) is 10.2. The number of nitrogens with zero attached hydrogens (tertiary/aromatic N) is 4. The van der Waals surface area contributed by atoms with Crippen LogP contribution in [0.1, 0.15) is 20.8 Å². The van der Waals surface area contributed by atoms with Gasteiger partial charge in [0.1, 0.15) is 27.6 Å². The Hall–Kier alpha value is -3.44. The van der Waals surface area contributed by atoms with Gasteiger partial charge in [0.2, 0.25) is 5.95 Å². The minimum atomic E-state index is -4.64. The van der Waals surface area contributed by atoms with Gasteiger partial charge in [-0.25, -0.2) is 4.98 Å². The number of anilines is 2. The van der Waals surface area contributed by atoms with Crippen molar-refractivity contribution in [1.82, 2.24) is 19.9 Å². The smallest absolute Gasteiger partial charge is 0.394 e. The number of amides is 1. The van der Waals surface area contributed by atoms with Crippen molar-refractivity contribution in [3.8, 4) is 6.07 Å². The van der Waals surface area contributed by atoms with Crippen molar-refractivity contribution in [3.63, 3.8) is 0 Å². The number of carbonyl (C=O) groups is 1. The second-order valence-electron chi connectivity index (χ2n) is 7.34. The maximum absolute atomic E-state index is 12.7. The summed E-state index contributed by atoms with van der Waals surface area (Å²) in [4.78, 5) is 33.2. The minimum Gasteiger partial charge on any atom is -0.394 e. The fourth-order valence-electron chi connectivity index (χ4n) is 2.71. The molecule has 1 amide bonds. The van der Waals surface area contributed by atoms with Crippen LogP contribution < -0.4 is 30.7 Å². The highest BCUT2D eigenvalue weighted by Gasteiger charge is 2.28. The number of hydrogen-bond acceptors (Lipinski definition) is 9. The summed E-state index contributed by atoms with van der Waals surface area (Å²) in [6, 6.07) is 2.96. The average molecular weight is 500 g/mol. The van der Waals surface area contributed by atoms with Crippen LogP contribution in [0.5, 0.6) is 0 Å². The number of rotatable bonds is 9. The van der Waals surface area contributed by atoms with Gasteiger partial charge in [-0.05, 0) is 18.9 Å². The van der Waals surface area contributed by atoms with Gasteiger partial charge in [0, 0.05) is 18.9 Å². The molecule has 0 spiro atoms. The van der Waals surface area contributed by atoms with E-state index in [0.717, 1.165) is 15.9 Å². The summed E-state index contributed by atoms with van der Waals surface area (Å²) in [7, 11) is 0. The molecule has 0 aliphatic rings. The first kappa shape index (κ1) is 26.8. The van der Waals surface area contributed by atoms with E-state index < -0.39 is 29.8 Å². The molecule has 0 saturated heterocycles. The number of aliphatic hydroxyl groups excluding tert-OH is 1. The Balaban J connectivity index is 2.40. The monoisotopic (exact) mass is 499 g/mol. The van der Waals surface area contributed by atoms with Gasteiger partial charge in [0.15, 0.2) is 5.57 Å².